The number of anilines is 1. The van der Waals surface area contributed by atoms with Gasteiger partial charge in [0.05, 0.1) is 36.1 Å². The summed E-state index contributed by atoms with van der Waals surface area (Å²) in [4.78, 5) is 4.07. The standard InChI is InChI=1S/C19H20FN3O5S/c1-2-27-14-5-3-13(4-6-14)19-22-18(28-23-19)12-21-17-8-7-15(11-16(17)20)29(25,26)10-9-24/h3-8,11,21,24H,2,9-10,12H2,1H3. The molecule has 0 aliphatic heterocycles. The summed E-state index contributed by atoms with van der Waals surface area (Å²) in [5.41, 5.74) is 0.835. The summed E-state index contributed by atoms with van der Waals surface area (Å²) in [5.74, 6) is 0.160. The maximum Gasteiger partial charge on any atom is 0.246 e. The smallest absolute Gasteiger partial charge is 0.246 e. The van der Waals surface area contributed by atoms with Crippen molar-refractivity contribution in [3.63, 3.8) is 0 Å². The Hall–Kier alpha value is -2.98. The molecule has 0 bridgehead atoms. The van der Waals surface area contributed by atoms with Gasteiger partial charge in [-0.25, -0.2) is 12.8 Å². The number of aliphatic hydroxyl groups excluding tert-OH is 1. The largest absolute Gasteiger partial charge is 0.494 e. The maximum atomic E-state index is 14.2. The van der Waals surface area contributed by atoms with Gasteiger partial charge in [0.1, 0.15) is 11.6 Å². The van der Waals surface area contributed by atoms with Crippen molar-refractivity contribution in [2.45, 2.75) is 18.4 Å². The predicted molar refractivity (Wildman–Crippen MR) is 104 cm³/mol. The van der Waals surface area contributed by atoms with E-state index in [1.54, 1.807) is 24.3 Å². The highest BCUT2D eigenvalue weighted by molar-refractivity contribution is 7.91. The number of rotatable bonds is 9. The van der Waals surface area contributed by atoms with Crippen LogP contribution in [0.5, 0.6) is 5.75 Å². The quantitative estimate of drug-likeness (QED) is 0.542. The summed E-state index contributed by atoms with van der Waals surface area (Å²) < 4.78 is 48.5. The Balaban J connectivity index is 1.66. The van der Waals surface area contributed by atoms with E-state index in [4.69, 9.17) is 14.4 Å². The van der Waals surface area contributed by atoms with Gasteiger partial charge in [0.2, 0.25) is 11.7 Å². The van der Waals surface area contributed by atoms with Crippen molar-refractivity contribution < 1.29 is 27.2 Å². The van der Waals surface area contributed by atoms with E-state index in [0.29, 0.717) is 12.4 Å². The van der Waals surface area contributed by atoms with E-state index < -0.39 is 28.0 Å². The van der Waals surface area contributed by atoms with Crippen molar-refractivity contribution in [1.82, 2.24) is 10.1 Å². The molecule has 8 nitrogen and oxygen atoms in total. The van der Waals surface area contributed by atoms with Gasteiger partial charge in [-0.1, -0.05) is 5.16 Å². The summed E-state index contributed by atoms with van der Waals surface area (Å²) in [6.45, 7) is 2.00. The molecule has 1 aromatic heterocycles. The minimum Gasteiger partial charge on any atom is -0.494 e. The number of aliphatic hydroxyl groups is 1. The third-order valence-electron chi connectivity index (χ3n) is 3.98. The Kier molecular flexibility index (Phi) is 6.45. The van der Waals surface area contributed by atoms with Crippen molar-refractivity contribution in [2.24, 2.45) is 0 Å². The van der Waals surface area contributed by atoms with Gasteiger partial charge in [-0.15, -0.1) is 0 Å². The van der Waals surface area contributed by atoms with Crippen LogP contribution in [-0.2, 0) is 16.4 Å². The zero-order chi connectivity index (χ0) is 20.9. The van der Waals surface area contributed by atoms with E-state index in [1.165, 1.54) is 12.1 Å². The van der Waals surface area contributed by atoms with Gasteiger partial charge in [-0.05, 0) is 49.4 Å². The Morgan fingerprint density at radius 3 is 2.62 bits per heavy atom. The Morgan fingerprint density at radius 1 is 1.21 bits per heavy atom. The number of benzene rings is 2. The molecule has 0 atom stereocenters. The number of ether oxygens (including phenoxy) is 1. The third kappa shape index (κ3) is 5.09. The number of sulfone groups is 1. The fraction of sp³-hybridized carbons (Fsp3) is 0.263. The van der Waals surface area contributed by atoms with Gasteiger partial charge in [0.15, 0.2) is 9.84 Å². The molecule has 0 saturated heterocycles. The average molecular weight is 421 g/mol. The molecule has 3 rings (SSSR count). The van der Waals surface area contributed by atoms with Crippen LogP contribution in [0.4, 0.5) is 10.1 Å². The Morgan fingerprint density at radius 2 is 1.97 bits per heavy atom. The number of aromatic nitrogens is 2. The highest BCUT2D eigenvalue weighted by atomic mass is 32.2. The molecule has 1 heterocycles. The number of nitrogens with one attached hydrogen (secondary N) is 1. The van der Waals surface area contributed by atoms with E-state index in [0.717, 1.165) is 17.4 Å². The second-order valence-corrected chi connectivity index (χ2v) is 8.12. The first kappa shape index (κ1) is 20.7. The molecule has 0 unspecified atom stereocenters. The normalized spacial score (nSPS) is 11.4. The van der Waals surface area contributed by atoms with E-state index in [2.05, 4.69) is 15.5 Å². The third-order valence-corrected chi connectivity index (χ3v) is 5.67. The van der Waals surface area contributed by atoms with Crippen LogP contribution in [0.2, 0.25) is 0 Å². The van der Waals surface area contributed by atoms with E-state index in [1.807, 2.05) is 6.92 Å². The maximum absolute atomic E-state index is 14.2. The summed E-state index contributed by atoms with van der Waals surface area (Å²) in [5, 5.41) is 15.5. The average Bonchev–Trinajstić information content (AvgIpc) is 3.17. The first-order chi connectivity index (χ1) is 13.9. The molecular weight excluding hydrogens is 401 g/mol. The Labute approximate surface area is 167 Å². The van der Waals surface area contributed by atoms with Crippen LogP contribution in [0, 0.1) is 5.82 Å². The minimum atomic E-state index is -3.72. The topological polar surface area (TPSA) is 115 Å². The Bertz CT molecular complexity index is 1070. The molecule has 0 spiro atoms. The van der Waals surface area contributed by atoms with E-state index in [-0.39, 0.29) is 23.0 Å². The molecule has 0 aliphatic carbocycles. The number of hydrogen-bond acceptors (Lipinski definition) is 8. The van der Waals surface area contributed by atoms with Gasteiger partial charge in [0.25, 0.3) is 0 Å². The van der Waals surface area contributed by atoms with Gasteiger partial charge in [0, 0.05) is 5.56 Å². The molecule has 2 N–H and O–H groups in total. The lowest BCUT2D eigenvalue weighted by molar-refractivity contribution is 0.319. The highest BCUT2D eigenvalue weighted by Gasteiger charge is 2.16. The summed E-state index contributed by atoms with van der Waals surface area (Å²) in [7, 11) is -3.72. The van der Waals surface area contributed by atoms with Crippen LogP contribution < -0.4 is 10.1 Å². The molecule has 154 valence electrons. The number of halogens is 1. The van der Waals surface area contributed by atoms with Gasteiger partial charge in [-0.3, -0.25) is 0 Å². The number of nitrogens with zero attached hydrogens (tertiary/aromatic N) is 2. The van der Waals surface area contributed by atoms with E-state index in [9.17, 15) is 12.8 Å². The van der Waals surface area contributed by atoms with Crippen molar-refractivity contribution in [2.75, 3.05) is 24.3 Å². The second-order valence-electron chi connectivity index (χ2n) is 6.01. The van der Waals surface area contributed by atoms with Crippen LogP contribution in [0.25, 0.3) is 11.4 Å². The lowest BCUT2D eigenvalue weighted by Crippen LogP contribution is -2.11. The van der Waals surface area contributed by atoms with Crippen LogP contribution in [0.1, 0.15) is 12.8 Å². The monoisotopic (exact) mass is 421 g/mol. The van der Waals surface area contributed by atoms with Crippen molar-refractivity contribution in [1.29, 1.82) is 0 Å². The SMILES string of the molecule is CCOc1ccc(-c2noc(CNc3ccc(S(=O)(=O)CCO)cc3F)n2)cc1. The summed E-state index contributed by atoms with van der Waals surface area (Å²) in [6.07, 6.45) is 0. The minimum absolute atomic E-state index is 0.0592. The first-order valence-corrected chi connectivity index (χ1v) is 10.5. The second kappa shape index (κ2) is 9.01. The molecule has 0 amide bonds. The fourth-order valence-corrected chi connectivity index (χ4v) is 3.59. The highest BCUT2D eigenvalue weighted by Crippen LogP contribution is 2.22. The van der Waals surface area contributed by atoms with Gasteiger partial charge >= 0.3 is 0 Å². The van der Waals surface area contributed by atoms with Crippen LogP contribution in [0.15, 0.2) is 51.9 Å². The van der Waals surface area contributed by atoms with E-state index >= 15 is 0 Å². The van der Waals surface area contributed by atoms with Crippen LogP contribution >= 0.6 is 0 Å². The molecule has 10 heteroatoms. The molecule has 29 heavy (non-hydrogen) atoms. The lowest BCUT2D eigenvalue weighted by atomic mass is 10.2. The fourth-order valence-electron chi connectivity index (χ4n) is 2.55. The zero-order valence-electron chi connectivity index (χ0n) is 15.6. The van der Waals surface area contributed by atoms with Gasteiger partial charge in [-0.2, -0.15) is 4.98 Å². The molecule has 0 radical (unpaired) electrons. The van der Waals surface area contributed by atoms with Crippen molar-refractivity contribution in [3.05, 3.63) is 54.2 Å². The summed E-state index contributed by atoms with van der Waals surface area (Å²) >= 11 is 0. The lowest BCUT2D eigenvalue weighted by Gasteiger charge is -2.07. The zero-order valence-corrected chi connectivity index (χ0v) is 16.4. The molecule has 0 fully saturated rings. The molecular formula is C19H20FN3O5S. The van der Waals surface area contributed by atoms with Gasteiger partial charge < -0.3 is 19.7 Å². The van der Waals surface area contributed by atoms with Crippen molar-refractivity contribution >= 4 is 15.5 Å². The predicted octanol–water partition coefficient (Wildman–Crippen LogP) is 2.65. The molecule has 0 saturated carbocycles. The van der Waals surface area contributed by atoms with Crippen LogP contribution in [-0.4, -0.2) is 42.6 Å². The molecule has 2 aromatic carbocycles. The molecule has 0 aliphatic rings. The first-order valence-electron chi connectivity index (χ1n) is 8.86. The molecule has 3 aromatic rings. The van der Waals surface area contributed by atoms with Crippen molar-refractivity contribution in [3.8, 4) is 17.1 Å². The van der Waals surface area contributed by atoms with Crippen LogP contribution in [0.3, 0.4) is 0 Å². The summed E-state index contributed by atoms with van der Waals surface area (Å²) in [6, 6.07) is 10.7. The number of hydrogen-bond donors (Lipinski definition) is 2.